The molecule has 1 atom stereocenters. The molecule has 3 N–H and O–H groups in total. The molecule has 1 amide bonds. The van der Waals surface area contributed by atoms with E-state index in [9.17, 15) is 18.0 Å². The van der Waals surface area contributed by atoms with Crippen LogP contribution in [0, 0.1) is 0 Å². The molecule has 21 heavy (non-hydrogen) atoms. The molecule has 0 radical (unpaired) electrons. The largest absolute Gasteiger partial charge is 0.416 e. The number of alkyl halides is 3. The summed E-state index contributed by atoms with van der Waals surface area (Å²) in [6.45, 7) is 0.453. The Labute approximate surface area is 121 Å². The van der Waals surface area contributed by atoms with E-state index in [1.165, 1.54) is 12.1 Å². The van der Waals surface area contributed by atoms with Crippen molar-refractivity contribution in [1.29, 1.82) is 0 Å². The van der Waals surface area contributed by atoms with Crippen LogP contribution >= 0.6 is 0 Å². The standard InChI is InChI=1S/C14H18F3N3O/c1-19-13(21)12-3-2-6-20(12)10-4-5-11(14(15,16)17)9(7-10)8-18/h4-5,7,12H,2-3,6,8,18H2,1H3,(H,19,21). The number of likely N-dealkylation sites (N-methyl/N-ethyl adjacent to an activating group) is 1. The van der Waals surface area contributed by atoms with Gasteiger partial charge in [-0.15, -0.1) is 0 Å². The van der Waals surface area contributed by atoms with Crippen LogP contribution in [0.5, 0.6) is 0 Å². The van der Waals surface area contributed by atoms with E-state index in [1.807, 2.05) is 4.90 Å². The van der Waals surface area contributed by atoms with Crippen LogP contribution in [0.2, 0.25) is 0 Å². The molecule has 7 heteroatoms. The Bertz CT molecular complexity index is 531. The number of hydrogen-bond donors (Lipinski definition) is 2. The fourth-order valence-electron chi connectivity index (χ4n) is 2.72. The van der Waals surface area contributed by atoms with E-state index in [1.54, 1.807) is 7.05 Å². The lowest BCUT2D eigenvalue weighted by Gasteiger charge is -2.26. The Balaban J connectivity index is 2.35. The Morgan fingerprint density at radius 2 is 2.19 bits per heavy atom. The van der Waals surface area contributed by atoms with Crippen molar-refractivity contribution < 1.29 is 18.0 Å². The number of benzene rings is 1. The first-order valence-corrected chi connectivity index (χ1v) is 6.77. The molecule has 0 saturated carbocycles. The molecule has 116 valence electrons. The molecule has 1 saturated heterocycles. The number of carbonyl (C=O) groups is 1. The first-order chi connectivity index (χ1) is 9.88. The number of hydrogen-bond acceptors (Lipinski definition) is 3. The molecule has 1 aliphatic heterocycles. The van der Waals surface area contributed by atoms with Crippen LogP contribution in [0.15, 0.2) is 18.2 Å². The van der Waals surface area contributed by atoms with Crippen LogP contribution in [-0.4, -0.2) is 25.5 Å². The number of halogens is 3. The second-order valence-electron chi connectivity index (χ2n) is 5.01. The molecule has 1 aliphatic rings. The Hall–Kier alpha value is -1.76. The van der Waals surface area contributed by atoms with Gasteiger partial charge in [0.15, 0.2) is 0 Å². The first kappa shape index (κ1) is 15.6. The number of rotatable bonds is 3. The smallest absolute Gasteiger partial charge is 0.360 e. The number of nitrogens with zero attached hydrogens (tertiary/aromatic N) is 1. The SMILES string of the molecule is CNC(=O)C1CCCN1c1ccc(C(F)(F)F)c(CN)c1. The van der Waals surface area contributed by atoms with E-state index in [-0.39, 0.29) is 24.1 Å². The summed E-state index contributed by atoms with van der Waals surface area (Å²) in [5.74, 6) is -0.123. The fourth-order valence-corrected chi connectivity index (χ4v) is 2.72. The van der Waals surface area contributed by atoms with Gasteiger partial charge >= 0.3 is 6.18 Å². The zero-order valence-electron chi connectivity index (χ0n) is 11.7. The second kappa shape index (κ2) is 5.93. The molecule has 0 bridgehead atoms. The molecule has 1 heterocycles. The average Bonchev–Trinajstić information content (AvgIpc) is 2.94. The van der Waals surface area contributed by atoms with E-state index in [0.717, 1.165) is 12.5 Å². The highest BCUT2D eigenvalue weighted by Gasteiger charge is 2.35. The molecule has 1 unspecified atom stereocenters. The van der Waals surface area contributed by atoms with Gasteiger partial charge in [-0.3, -0.25) is 4.79 Å². The zero-order valence-corrected chi connectivity index (χ0v) is 11.7. The highest BCUT2D eigenvalue weighted by atomic mass is 19.4. The van der Waals surface area contributed by atoms with Crippen molar-refractivity contribution in [3.05, 3.63) is 29.3 Å². The van der Waals surface area contributed by atoms with Gasteiger partial charge in [0.25, 0.3) is 0 Å². The minimum Gasteiger partial charge on any atom is -0.360 e. The summed E-state index contributed by atoms with van der Waals surface area (Å²) in [6, 6.07) is 3.54. The quantitative estimate of drug-likeness (QED) is 0.896. The molecule has 1 aromatic carbocycles. The summed E-state index contributed by atoms with van der Waals surface area (Å²) in [5.41, 5.74) is 5.37. The lowest BCUT2D eigenvalue weighted by atomic mass is 10.0. The van der Waals surface area contributed by atoms with Gasteiger partial charge < -0.3 is 16.0 Å². The topological polar surface area (TPSA) is 58.4 Å². The van der Waals surface area contributed by atoms with E-state index in [0.29, 0.717) is 18.7 Å². The number of nitrogens with one attached hydrogen (secondary N) is 1. The maximum absolute atomic E-state index is 12.9. The summed E-state index contributed by atoms with van der Waals surface area (Å²) >= 11 is 0. The maximum Gasteiger partial charge on any atom is 0.416 e. The maximum atomic E-state index is 12.9. The Morgan fingerprint density at radius 1 is 1.48 bits per heavy atom. The lowest BCUT2D eigenvalue weighted by molar-refractivity contribution is -0.138. The van der Waals surface area contributed by atoms with E-state index in [2.05, 4.69) is 5.32 Å². The highest BCUT2D eigenvalue weighted by molar-refractivity contribution is 5.85. The van der Waals surface area contributed by atoms with Gasteiger partial charge in [-0.1, -0.05) is 0 Å². The van der Waals surface area contributed by atoms with Crippen molar-refractivity contribution in [1.82, 2.24) is 5.32 Å². The normalized spacial score (nSPS) is 18.9. The number of carbonyl (C=O) groups excluding carboxylic acids is 1. The van der Waals surface area contributed by atoms with Crippen molar-refractivity contribution in [3.8, 4) is 0 Å². The van der Waals surface area contributed by atoms with Crippen molar-refractivity contribution in [2.24, 2.45) is 5.73 Å². The fraction of sp³-hybridized carbons (Fsp3) is 0.500. The number of anilines is 1. The third-order valence-corrected chi connectivity index (χ3v) is 3.75. The molecule has 2 rings (SSSR count). The molecular weight excluding hydrogens is 283 g/mol. The molecular formula is C14H18F3N3O. The van der Waals surface area contributed by atoms with Gasteiger partial charge in [0.1, 0.15) is 6.04 Å². The van der Waals surface area contributed by atoms with Crippen LogP contribution in [0.3, 0.4) is 0 Å². The van der Waals surface area contributed by atoms with Crippen LogP contribution in [0.1, 0.15) is 24.0 Å². The van der Waals surface area contributed by atoms with Gasteiger partial charge in [0.2, 0.25) is 5.91 Å². The highest BCUT2D eigenvalue weighted by Crippen LogP contribution is 2.35. The van der Waals surface area contributed by atoms with E-state index >= 15 is 0 Å². The second-order valence-corrected chi connectivity index (χ2v) is 5.01. The Morgan fingerprint density at radius 3 is 2.76 bits per heavy atom. The zero-order chi connectivity index (χ0) is 15.6. The van der Waals surface area contributed by atoms with Crippen molar-refractivity contribution in [2.45, 2.75) is 31.6 Å². The summed E-state index contributed by atoms with van der Waals surface area (Å²) in [6.07, 6.45) is -2.89. The van der Waals surface area contributed by atoms with Gasteiger partial charge in [-0.2, -0.15) is 13.2 Å². The van der Waals surface area contributed by atoms with Crippen LogP contribution in [0.25, 0.3) is 0 Å². The summed E-state index contributed by atoms with van der Waals surface area (Å²) < 4.78 is 38.6. The monoisotopic (exact) mass is 301 g/mol. The lowest BCUT2D eigenvalue weighted by Crippen LogP contribution is -2.42. The van der Waals surface area contributed by atoms with Crippen LogP contribution in [-0.2, 0) is 17.5 Å². The van der Waals surface area contributed by atoms with Crippen LogP contribution < -0.4 is 16.0 Å². The predicted molar refractivity (Wildman–Crippen MR) is 73.8 cm³/mol. The summed E-state index contributed by atoms with van der Waals surface area (Å²) in [4.78, 5) is 13.7. The van der Waals surface area contributed by atoms with Gasteiger partial charge in [-0.05, 0) is 36.6 Å². The Kier molecular flexibility index (Phi) is 4.41. The third kappa shape index (κ3) is 3.12. The molecule has 0 aromatic heterocycles. The van der Waals surface area contributed by atoms with E-state index < -0.39 is 11.7 Å². The van der Waals surface area contributed by atoms with Crippen molar-refractivity contribution in [2.75, 3.05) is 18.5 Å². The average molecular weight is 301 g/mol. The van der Waals surface area contributed by atoms with Gasteiger partial charge in [-0.25, -0.2) is 0 Å². The molecule has 0 spiro atoms. The summed E-state index contributed by atoms with van der Waals surface area (Å²) in [5, 5.41) is 2.59. The molecule has 4 nitrogen and oxygen atoms in total. The van der Waals surface area contributed by atoms with Crippen molar-refractivity contribution in [3.63, 3.8) is 0 Å². The number of nitrogens with two attached hydrogens (primary N) is 1. The van der Waals surface area contributed by atoms with Crippen molar-refractivity contribution >= 4 is 11.6 Å². The van der Waals surface area contributed by atoms with Gasteiger partial charge in [0.05, 0.1) is 5.56 Å². The minimum absolute atomic E-state index is 0.0440. The van der Waals surface area contributed by atoms with Gasteiger partial charge in [0, 0.05) is 25.8 Å². The number of amides is 1. The molecule has 1 aromatic rings. The van der Waals surface area contributed by atoms with E-state index in [4.69, 9.17) is 5.73 Å². The predicted octanol–water partition coefficient (Wildman–Crippen LogP) is 1.88. The summed E-state index contributed by atoms with van der Waals surface area (Å²) in [7, 11) is 1.55. The first-order valence-electron chi connectivity index (χ1n) is 6.77. The molecule has 1 fully saturated rings. The van der Waals surface area contributed by atoms with Crippen LogP contribution in [0.4, 0.5) is 18.9 Å². The molecule has 0 aliphatic carbocycles. The third-order valence-electron chi connectivity index (χ3n) is 3.75. The minimum atomic E-state index is -4.42.